The van der Waals surface area contributed by atoms with Gasteiger partial charge in [0.05, 0.1) is 10.7 Å². The van der Waals surface area contributed by atoms with Crippen LogP contribution in [0.1, 0.15) is 16.1 Å². The van der Waals surface area contributed by atoms with E-state index < -0.39 is 0 Å². The molecule has 0 fully saturated rings. The van der Waals surface area contributed by atoms with Gasteiger partial charge in [-0.2, -0.15) is 0 Å². The first-order valence-corrected chi connectivity index (χ1v) is 5.57. The van der Waals surface area contributed by atoms with E-state index in [1.807, 2.05) is 18.2 Å². The van der Waals surface area contributed by atoms with E-state index in [2.05, 4.69) is 15.9 Å². The van der Waals surface area contributed by atoms with Gasteiger partial charge in [-0.25, -0.2) is 0 Å². The number of Topliss-reactive ketones (excluding diaryl/α,β-unsaturated/α-hetero) is 1. The van der Waals surface area contributed by atoms with Crippen molar-refractivity contribution in [3.8, 4) is 0 Å². The third kappa shape index (κ3) is 2.49. The quantitative estimate of drug-likeness (QED) is 0.629. The molecule has 3 heteroatoms. The van der Waals surface area contributed by atoms with Gasteiger partial charge >= 0.3 is 0 Å². The highest BCUT2D eigenvalue weighted by atomic mass is 79.9. The molecule has 2 rings (SSSR count). The number of hydrogen-bond acceptors (Lipinski definition) is 2. The predicted molar refractivity (Wildman–Crippen MR) is 66.4 cm³/mol. The van der Waals surface area contributed by atoms with Crippen molar-refractivity contribution in [1.82, 2.24) is 0 Å². The number of carbonyl (C=O) groups is 1. The van der Waals surface area contributed by atoms with E-state index in [9.17, 15) is 4.79 Å². The Morgan fingerprint density at radius 2 is 1.88 bits per heavy atom. The number of allylic oxidation sites excluding steroid dienone is 1. The van der Waals surface area contributed by atoms with Crippen LogP contribution < -0.4 is 0 Å². The molecule has 0 unspecified atom stereocenters. The lowest BCUT2D eigenvalue weighted by Gasteiger charge is -1.98. The molecule has 1 aromatic carbocycles. The highest BCUT2D eigenvalue weighted by Crippen LogP contribution is 2.17. The lowest BCUT2D eigenvalue weighted by molar-refractivity contribution is 0.104. The average molecular weight is 277 g/mol. The van der Waals surface area contributed by atoms with Crippen molar-refractivity contribution in [2.75, 3.05) is 0 Å². The summed E-state index contributed by atoms with van der Waals surface area (Å²) in [6.07, 6.45) is 3.23. The molecule has 0 aliphatic heterocycles. The van der Waals surface area contributed by atoms with Gasteiger partial charge in [0, 0.05) is 5.56 Å². The molecule has 1 aromatic heterocycles. The molecule has 0 aliphatic rings. The Bertz CT molecular complexity index is 498. The van der Waals surface area contributed by atoms with E-state index in [1.54, 1.807) is 36.6 Å². The normalized spacial score (nSPS) is 11.4. The number of hydrogen-bond donors (Lipinski definition) is 0. The fraction of sp³-hybridized carbons (Fsp3) is 0. The van der Waals surface area contributed by atoms with Gasteiger partial charge in [0.15, 0.2) is 5.78 Å². The molecule has 2 aromatic rings. The summed E-state index contributed by atoms with van der Waals surface area (Å²) in [5.41, 5.74) is 0.650. The number of ketones is 1. The van der Waals surface area contributed by atoms with Crippen molar-refractivity contribution in [2.24, 2.45) is 0 Å². The molecule has 0 bridgehead atoms. The third-order valence-electron chi connectivity index (χ3n) is 2.07. The topological polar surface area (TPSA) is 30.2 Å². The summed E-state index contributed by atoms with van der Waals surface area (Å²) in [6.45, 7) is 0. The fourth-order valence-electron chi connectivity index (χ4n) is 1.29. The molecule has 1 heterocycles. The first kappa shape index (κ1) is 10.9. The SMILES string of the molecule is O=C(/C(Br)=C/c1ccco1)c1ccccc1. The van der Waals surface area contributed by atoms with Crippen molar-refractivity contribution in [1.29, 1.82) is 0 Å². The Labute approximate surface area is 102 Å². The van der Waals surface area contributed by atoms with E-state index in [4.69, 9.17) is 4.42 Å². The molecule has 2 nitrogen and oxygen atoms in total. The van der Waals surface area contributed by atoms with Crippen molar-refractivity contribution in [2.45, 2.75) is 0 Å². The van der Waals surface area contributed by atoms with Crippen LogP contribution >= 0.6 is 15.9 Å². The average Bonchev–Trinajstić information content (AvgIpc) is 2.82. The largest absolute Gasteiger partial charge is 0.465 e. The molecule has 0 radical (unpaired) electrons. The van der Waals surface area contributed by atoms with Gasteiger partial charge in [0.25, 0.3) is 0 Å². The minimum absolute atomic E-state index is 0.0583. The van der Waals surface area contributed by atoms with Crippen LogP contribution in [0.2, 0.25) is 0 Å². The Morgan fingerprint density at radius 1 is 1.12 bits per heavy atom. The standard InChI is InChI=1S/C13H9BrO2/c14-12(9-11-7-4-8-16-11)13(15)10-5-2-1-3-6-10/h1-9H/b12-9-. The van der Waals surface area contributed by atoms with E-state index in [1.165, 1.54) is 0 Å². The lowest BCUT2D eigenvalue weighted by atomic mass is 10.1. The molecule has 80 valence electrons. The molecule has 0 atom stereocenters. The Kier molecular flexibility index (Phi) is 3.37. The minimum Gasteiger partial charge on any atom is -0.465 e. The van der Waals surface area contributed by atoms with Gasteiger partial charge in [-0.15, -0.1) is 0 Å². The van der Waals surface area contributed by atoms with E-state index in [0.717, 1.165) is 0 Å². The second kappa shape index (κ2) is 4.94. The molecule has 16 heavy (non-hydrogen) atoms. The van der Waals surface area contributed by atoms with Gasteiger partial charge in [0.2, 0.25) is 0 Å². The molecule has 0 amide bonds. The van der Waals surface area contributed by atoms with Crippen LogP contribution in [-0.2, 0) is 0 Å². The second-order valence-electron chi connectivity index (χ2n) is 3.20. The molecule has 0 saturated carbocycles. The zero-order chi connectivity index (χ0) is 11.4. The molecular formula is C13H9BrO2. The molecule has 0 N–H and O–H groups in total. The first-order valence-electron chi connectivity index (χ1n) is 4.78. The zero-order valence-corrected chi connectivity index (χ0v) is 9.98. The number of benzene rings is 1. The maximum Gasteiger partial charge on any atom is 0.200 e. The summed E-state index contributed by atoms with van der Waals surface area (Å²) in [5.74, 6) is 0.591. The van der Waals surface area contributed by atoms with Crippen LogP contribution in [-0.4, -0.2) is 5.78 Å². The summed E-state index contributed by atoms with van der Waals surface area (Å²) in [5, 5.41) is 0. The first-order chi connectivity index (χ1) is 7.77. The van der Waals surface area contributed by atoms with Crippen molar-refractivity contribution in [3.63, 3.8) is 0 Å². The van der Waals surface area contributed by atoms with E-state index in [0.29, 0.717) is 15.8 Å². The summed E-state index contributed by atoms with van der Waals surface area (Å²) < 4.78 is 5.61. The lowest BCUT2D eigenvalue weighted by Crippen LogP contribution is -1.97. The van der Waals surface area contributed by atoms with Crippen LogP contribution in [0.5, 0.6) is 0 Å². The van der Waals surface area contributed by atoms with Crippen LogP contribution in [0.4, 0.5) is 0 Å². The van der Waals surface area contributed by atoms with E-state index >= 15 is 0 Å². The summed E-state index contributed by atoms with van der Waals surface area (Å²) in [6, 6.07) is 12.7. The predicted octanol–water partition coefficient (Wildman–Crippen LogP) is 3.90. The maximum absolute atomic E-state index is 11.9. The zero-order valence-electron chi connectivity index (χ0n) is 8.39. The number of carbonyl (C=O) groups excluding carboxylic acids is 1. The van der Waals surface area contributed by atoms with Crippen molar-refractivity contribution in [3.05, 3.63) is 64.5 Å². The number of halogens is 1. The van der Waals surface area contributed by atoms with Crippen LogP contribution in [0.25, 0.3) is 6.08 Å². The Balaban J connectivity index is 2.23. The van der Waals surface area contributed by atoms with Gasteiger partial charge in [-0.05, 0) is 34.1 Å². The van der Waals surface area contributed by atoms with E-state index in [-0.39, 0.29) is 5.78 Å². The van der Waals surface area contributed by atoms with Crippen molar-refractivity contribution < 1.29 is 9.21 Å². The monoisotopic (exact) mass is 276 g/mol. The van der Waals surface area contributed by atoms with Crippen LogP contribution in [0.15, 0.2) is 57.6 Å². The molecule has 0 aliphatic carbocycles. The Hall–Kier alpha value is -1.61. The number of rotatable bonds is 3. The summed E-state index contributed by atoms with van der Waals surface area (Å²) in [7, 11) is 0. The molecule has 0 spiro atoms. The van der Waals surface area contributed by atoms with Gasteiger partial charge in [0.1, 0.15) is 5.76 Å². The smallest absolute Gasteiger partial charge is 0.200 e. The van der Waals surface area contributed by atoms with Crippen LogP contribution in [0, 0.1) is 0 Å². The molecular weight excluding hydrogens is 268 g/mol. The summed E-state index contributed by atoms with van der Waals surface area (Å²) in [4.78, 5) is 11.9. The van der Waals surface area contributed by atoms with Crippen molar-refractivity contribution >= 4 is 27.8 Å². The highest BCUT2D eigenvalue weighted by molar-refractivity contribution is 9.12. The highest BCUT2D eigenvalue weighted by Gasteiger charge is 2.09. The van der Waals surface area contributed by atoms with Gasteiger partial charge in [-0.1, -0.05) is 30.3 Å². The Morgan fingerprint density at radius 3 is 2.50 bits per heavy atom. The van der Waals surface area contributed by atoms with Gasteiger partial charge in [-0.3, -0.25) is 4.79 Å². The summed E-state index contributed by atoms with van der Waals surface area (Å²) >= 11 is 3.25. The third-order valence-corrected chi connectivity index (χ3v) is 2.65. The second-order valence-corrected chi connectivity index (χ2v) is 4.06. The number of furan rings is 1. The minimum atomic E-state index is -0.0583. The fourth-order valence-corrected chi connectivity index (χ4v) is 1.75. The molecule has 0 saturated heterocycles. The van der Waals surface area contributed by atoms with Crippen LogP contribution in [0.3, 0.4) is 0 Å². The maximum atomic E-state index is 11.9. The van der Waals surface area contributed by atoms with Gasteiger partial charge < -0.3 is 4.42 Å².